The second-order valence-corrected chi connectivity index (χ2v) is 10.4. The predicted octanol–water partition coefficient (Wildman–Crippen LogP) is 4.94. The summed E-state index contributed by atoms with van der Waals surface area (Å²) in [5.74, 6) is -0.222. The van der Waals surface area contributed by atoms with Crippen LogP contribution in [0.2, 0.25) is 5.02 Å². The standard InChI is InChI=1S/C27H41ClFN3O2/c1-4-7-22(8-5-2)32-14-13-21(27(32)34)19-23-24(28)12-11-20(26(23)29)9-6-10-25(33)31-17-15-30(3)16-18-31/h11-12,21-22H,4-10,13-19H2,1-3H3. The first kappa shape index (κ1) is 26.9. The molecule has 0 spiro atoms. The molecule has 34 heavy (non-hydrogen) atoms. The highest BCUT2D eigenvalue weighted by atomic mass is 35.5. The van der Waals surface area contributed by atoms with Gasteiger partial charge in [-0.1, -0.05) is 44.4 Å². The number of hydrogen-bond acceptors (Lipinski definition) is 3. The minimum atomic E-state index is -0.301. The van der Waals surface area contributed by atoms with Gasteiger partial charge in [0, 0.05) is 61.7 Å². The third-order valence-corrected chi connectivity index (χ3v) is 7.80. The molecule has 7 heteroatoms. The summed E-state index contributed by atoms with van der Waals surface area (Å²) in [6, 6.07) is 3.76. The van der Waals surface area contributed by atoms with E-state index in [1.54, 1.807) is 12.1 Å². The first-order valence-corrected chi connectivity index (χ1v) is 13.5. The van der Waals surface area contributed by atoms with Crippen LogP contribution < -0.4 is 0 Å². The third kappa shape index (κ3) is 6.72. The maximum absolute atomic E-state index is 15.4. The fourth-order valence-electron chi connectivity index (χ4n) is 5.35. The monoisotopic (exact) mass is 493 g/mol. The van der Waals surface area contributed by atoms with Gasteiger partial charge in [0.1, 0.15) is 5.82 Å². The van der Waals surface area contributed by atoms with E-state index in [0.717, 1.165) is 64.8 Å². The highest BCUT2D eigenvalue weighted by Gasteiger charge is 2.36. The van der Waals surface area contributed by atoms with Gasteiger partial charge >= 0.3 is 0 Å². The minimum absolute atomic E-state index is 0.144. The number of benzene rings is 1. The molecule has 2 heterocycles. The zero-order valence-electron chi connectivity index (χ0n) is 21.1. The fourth-order valence-corrected chi connectivity index (χ4v) is 5.58. The van der Waals surface area contributed by atoms with Gasteiger partial charge in [-0.25, -0.2) is 4.39 Å². The van der Waals surface area contributed by atoms with Crippen LogP contribution in [0, 0.1) is 11.7 Å². The number of aryl methyl sites for hydroxylation is 1. The van der Waals surface area contributed by atoms with E-state index < -0.39 is 0 Å². The molecule has 3 rings (SSSR count). The summed E-state index contributed by atoms with van der Waals surface area (Å²) in [6.07, 6.45) is 6.77. The molecule has 2 saturated heterocycles. The van der Waals surface area contributed by atoms with Crippen molar-refractivity contribution in [1.29, 1.82) is 0 Å². The van der Waals surface area contributed by atoms with Crippen molar-refractivity contribution in [3.05, 3.63) is 34.1 Å². The van der Waals surface area contributed by atoms with Crippen molar-refractivity contribution in [3.63, 3.8) is 0 Å². The Labute approximate surface area is 209 Å². The van der Waals surface area contributed by atoms with E-state index >= 15 is 4.39 Å². The van der Waals surface area contributed by atoms with Crippen LogP contribution in [0.5, 0.6) is 0 Å². The summed E-state index contributed by atoms with van der Waals surface area (Å²) < 4.78 is 15.4. The second kappa shape index (κ2) is 12.9. The summed E-state index contributed by atoms with van der Waals surface area (Å²) >= 11 is 6.39. The molecular weight excluding hydrogens is 453 g/mol. The van der Waals surface area contributed by atoms with Crippen LogP contribution in [0.4, 0.5) is 4.39 Å². The van der Waals surface area contributed by atoms with E-state index in [2.05, 4.69) is 25.8 Å². The summed E-state index contributed by atoms with van der Waals surface area (Å²) in [7, 11) is 2.06. The van der Waals surface area contributed by atoms with Crippen molar-refractivity contribution >= 4 is 23.4 Å². The second-order valence-electron chi connectivity index (χ2n) is 9.99. The molecule has 1 unspecified atom stereocenters. The fraction of sp³-hybridized carbons (Fsp3) is 0.704. The van der Waals surface area contributed by atoms with E-state index in [0.29, 0.717) is 41.8 Å². The average Bonchev–Trinajstić information content (AvgIpc) is 3.18. The van der Waals surface area contributed by atoms with Crippen molar-refractivity contribution in [3.8, 4) is 0 Å². The molecule has 1 atom stereocenters. The van der Waals surface area contributed by atoms with Gasteiger partial charge in [-0.3, -0.25) is 9.59 Å². The van der Waals surface area contributed by atoms with E-state index in [-0.39, 0.29) is 29.6 Å². The SMILES string of the molecule is CCCC(CCC)N1CCC(Cc2c(Cl)ccc(CCCC(=O)N3CCN(C)CC3)c2F)C1=O. The lowest BCUT2D eigenvalue weighted by atomic mass is 9.94. The number of nitrogens with zero attached hydrogens (tertiary/aromatic N) is 3. The number of piperazine rings is 1. The average molecular weight is 494 g/mol. The molecule has 190 valence electrons. The Kier molecular flexibility index (Phi) is 10.2. The molecule has 2 fully saturated rings. The number of carbonyl (C=O) groups is 2. The van der Waals surface area contributed by atoms with E-state index in [1.807, 2.05) is 9.80 Å². The highest BCUT2D eigenvalue weighted by molar-refractivity contribution is 6.31. The molecule has 0 radical (unpaired) electrons. The van der Waals surface area contributed by atoms with Crippen molar-refractivity contribution in [1.82, 2.24) is 14.7 Å². The van der Waals surface area contributed by atoms with Crippen LogP contribution in [0.15, 0.2) is 12.1 Å². The van der Waals surface area contributed by atoms with Crippen LogP contribution in [-0.4, -0.2) is 72.3 Å². The largest absolute Gasteiger partial charge is 0.340 e. The Morgan fingerprint density at radius 1 is 1.12 bits per heavy atom. The Hall–Kier alpha value is -1.66. The van der Waals surface area contributed by atoms with Gasteiger partial charge in [0.25, 0.3) is 0 Å². The first-order chi connectivity index (χ1) is 16.3. The van der Waals surface area contributed by atoms with E-state index in [4.69, 9.17) is 11.6 Å². The number of likely N-dealkylation sites (tertiary alicyclic amines) is 1. The number of rotatable bonds is 11. The lowest BCUT2D eigenvalue weighted by Crippen LogP contribution is -2.47. The summed E-state index contributed by atoms with van der Waals surface area (Å²) in [5, 5.41) is 0.389. The van der Waals surface area contributed by atoms with Gasteiger partial charge < -0.3 is 14.7 Å². The molecule has 0 aliphatic carbocycles. The molecule has 1 aromatic carbocycles. The molecule has 2 amide bonds. The maximum Gasteiger partial charge on any atom is 0.226 e. The van der Waals surface area contributed by atoms with Crippen LogP contribution in [0.3, 0.4) is 0 Å². The zero-order valence-corrected chi connectivity index (χ0v) is 21.9. The van der Waals surface area contributed by atoms with Gasteiger partial charge in [-0.15, -0.1) is 0 Å². The van der Waals surface area contributed by atoms with Crippen LogP contribution in [0.25, 0.3) is 0 Å². The molecular formula is C27H41ClFN3O2. The maximum atomic E-state index is 15.4. The Morgan fingerprint density at radius 2 is 1.79 bits per heavy atom. The third-order valence-electron chi connectivity index (χ3n) is 7.44. The van der Waals surface area contributed by atoms with Gasteiger partial charge in [-0.05, 0) is 57.2 Å². The number of halogens is 2. The van der Waals surface area contributed by atoms with Crippen molar-refractivity contribution < 1.29 is 14.0 Å². The Balaban J connectivity index is 1.59. The highest BCUT2D eigenvalue weighted by Crippen LogP contribution is 2.32. The van der Waals surface area contributed by atoms with Gasteiger partial charge in [0.2, 0.25) is 11.8 Å². The van der Waals surface area contributed by atoms with Crippen molar-refractivity contribution in [2.24, 2.45) is 5.92 Å². The molecule has 2 aliphatic rings. The molecule has 1 aromatic rings. The number of amides is 2. The van der Waals surface area contributed by atoms with E-state index in [1.165, 1.54) is 0 Å². The first-order valence-electron chi connectivity index (χ1n) is 13.1. The summed E-state index contributed by atoms with van der Waals surface area (Å²) in [5.41, 5.74) is 1.04. The quantitative estimate of drug-likeness (QED) is 0.438. The van der Waals surface area contributed by atoms with Crippen LogP contribution in [-0.2, 0) is 22.4 Å². The lowest BCUT2D eigenvalue weighted by Gasteiger charge is -2.32. The number of carbonyl (C=O) groups excluding carboxylic acids is 2. The molecule has 0 saturated carbocycles. The Morgan fingerprint density at radius 3 is 2.44 bits per heavy atom. The van der Waals surface area contributed by atoms with Gasteiger partial charge in [-0.2, -0.15) is 0 Å². The van der Waals surface area contributed by atoms with Gasteiger partial charge in [0.15, 0.2) is 0 Å². The van der Waals surface area contributed by atoms with Crippen molar-refractivity contribution in [2.45, 2.75) is 77.7 Å². The molecule has 2 aliphatic heterocycles. The summed E-state index contributed by atoms with van der Waals surface area (Å²) in [6.45, 7) is 8.38. The smallest absolute Gasteiger partial charge is 0.226 e. The predicted molar refractivity (Wildman–Crippen MR) is 136 cm³/mol. The van der Waals surface area contributed by atoms with Crippen LogP contribution in [0.1, 0.15) is 69.9 Å². The molecule has 0 aromatic heterocycles. The van der Waals surface area contributed by atoms with Crippen molar-refractivity contribution in [2.75, 3.05) is 39.8 Å². The lowest BCUT2D eigenvalue weighted by molar-refractivity contribution is -0.133. The number of likely N-dealkylation sites (N-methyl/N-ethyl adjacent to an activating group) is 1. The molecule has 0 bridgehead atoms. The minimum Gasteiger partial charge on any atom is -0.340 e. The number of hydrogen-bond donors (Lipinski definition) is 0. The van der Waals surface area contributed by atoms with E-state index in [9.17, 15) is 9.59 Å². The zero-order chi connectivity index (χ0) is 24.7. The summed E-state index contributed by atoms with van der Waals surface area (Å²) in [4.78, 5) is 31.8. The topological polar surface area (TPSA) is 43.9 Å². The van der Waals surface area contributed by atoms with Crippen LogP contribution >= 0.6 is 11.6 Å². The molecule has 5 nitrogen and oxygen atoms in total. The molecule has 0 N–H and O–H groups in total. The normalized spacial score (nSPS) is 19.5. The Bertz CT molecular complexity index is 835. The van der Waals surface area contributed by atoms with Gasteiger partial charge in [0.05, 0.1) is 0 Å².